The summed E-state index contributed by atoms with van der Waals surface area (Å²) in [5.41, 5.74) is 5.41. The van der Waals surface area contributed by atoms with Crippen LogP contribution in [0, 0.1) is 0 Å². The van der Waals surface area contributed by atoms with Gasteiger partial charge in [-0.3, -0.25) is 0 Å². The van der Waals surface area contributed by atoms with Gasteiger partial charge in [0.15, 0.2) is 0 Å². The van der Waals surface area contributed by atoms with Gasteiger partial charge in [-0.2, -0.15) is 0 Å². The predicted octanol–water partition coefficient (Wildman–Crippen LogP) is 4.16. The van der Waals surface area contributed by atoms with Gasteiger partial charge in [-0.15, -0.1) is 0 Å². The molecule has 1 unspecified atom stereocenters. The lowest BCUT2D eigenvalue weighted by molar-refractivity contribution is 0.489. The number of imidazole rings is 1. The first-order chi connectivity index (χ1) is 9.92. The van der Waals surface area contributed by atoms with Gasteiger partial charge in [-0.05, 0) is 42.5 Å². The van der Waals surface area contributed by atoms with Crippen LogP contribution in [0.1, 0.15) is 29.9 Å². The molecule has 2 aromatic carbocycles. The van der Waals surface area contributed by atoms with Crippen molar-refractivity contribution in [3.05, 3.63) is 66.0 Å². The number of hydrogen-bond donors (Lipinski definition) is 0. The molecule has 0 amide bonds. The van der Waals surface area contributed by atoms with E-state index in [1.807, 2.05) is 6.33 Å². The zero-order valence-corrected chi connectivity index (χ0v) is 11.5. The van der Waals surface area contributed by atoms with E-state index >= 15 is 0 Å². The highest BCUT2D eigenvalue weighted by atomic mass is 15.0. The third kappa shape index (κ3) is 1.92. The highest BCUT2D eigenvalue weighted by Crippen LogP contribution is 2.33. The molecule has 3 aromatic rings. The highest BCUT2D eigenvalue weighted by molar-refractivity contribution is 5.74. The summed E-state index contributed by atoms with van der Waals surface area (Å²) in [5, 5.41) is 0. The van der Waals surface area contributed by atoms with Crippen LogP contribution >= 0.6 is 0 Å². The summed E-state index contributed by atoms with van der Waals surface area (Å²) in [5.74, 6) is 0.623. The minimum Gasteiger partial charge on any atom is -0.330 e. The van der Waals surface area contributed by atoms with E-state index in [9.17, 15) is 0 Å². The molecule has 0 aliphatic heterocycles. The number of benzene rings is 2. The van der Waals surface area contributed by atoms with Crippen LogP contribution in [0.2, 0.25) is 0 Å². The number of aromatic nitrogens is 2. The van der Waals surface area contributed by atoms with E-state index in [0.29, 0.717) is 5.92 Å². The number of fused-ring (bicyclic) bond motifs is 2. The predicted molar refractivity (Wildman–Crippen MR) is 81.9 cm³/mol. The minimum absolute atomic E-state index is 0.623. The van der Waals surface area contributed by atoms with E-state index in [4.69, 9.17) is 0 Å². The molecule has 1 aliphatic rings. The van der Waals surface area contributed by atoms with Crippen LogP contribution in [0.5, 0.6) is 0 Å². The fourth-order valence-electron chi connectivity index (χ4n) is 3.44. The van der Waals surface area contributed by atoms with E-state index < -0.39 is 0 Å². The Morgan fingerprint density at radius 1 is 1.05 bits per heavy atom. The van der Waals surface area contributed by atoms with Crippen LogP contribution in [0.25, 0.3) is 11.0 Å². The number of nitrogens with zero attached hydrogens (tertiary/aromatic N) is 2. The summed E-state index contributed by atoms with van der Waals surface area (Å²) >= 11 is 0. The van der Waals surface area contributed by atoms with Gasteiger partial charge in [0.2, 0.25) is 0 Å². The molecule has 0 spiro atoms. The Kier molecular flexibility index (Phi) is 2.80. The summed E-state index contributed by atoms with van der Waals surface area (Å²) in [4.78, 5) is 4.50. The summed E-state index contributed by atoms with van der Waals surface area (Å²) in [7, 11) is 0. The van der Waals surface area contributed by atoms with Gasteiger partial charge in [-0.25, -0.2) is 4.98 Å². The van der Waals surface area contributed by atoms with Crippen LogP contribution in [-0.2, 0) is 13.0 Å². The molecule has 2 nitrogen and oxygen atoms in total. The molecule has 100 valence electrons. The van der Waals surface area contributed by atoms with Crippen LogP contribution in [0.4, 0.5) is 0 Å². The van der Waals surface area contributed by atoms with E-state index in [0.717, 1.165) is 12.1 Å². The third-order valence-corrected chi connectivity index (χ3v) is 4.44. The highest BCUT2D eigenvalue weighted by Gasteiger charge is 2.20. The van der Waals surface area contributed by atoms with Gasteiger partial charge in [0.25, 0.3) is 0 Å². The lowest BCUT2D eigenvalue weighted by atomic mass is 9.83. The van der Waals surface area contributed by atoms with Gasteiger partial charge in [0.05, 0.1) is 17.4 Å². The van der Waals surface area contributed by atoms with Crippen molar-refractivity contribution in [3.8, 4) is 0 Å². The second-order valence-electron chi connectivity index (χ2n) is 5.67. The molecule has 0 fully saturated rings. The topological polar surface area (TPSA) is 17.8 Å². The van der Waals surface area contributed by atoms with E-state index in [-0.39, 0.29) is 0 Å². The fraction of sp³-hybridized carbons (Fsp3) is 0.278. The second-order valence-corrected chi connectivity index (χ2v) is 5.67. The maximum absolute atomic E-state index is 4.50. The summed E-state index contributed by atoms with van der Waals surface area (Å²) in [6.45, 7) is 1.04. The van der Waals surface area contributed by atoms with Crippen molar-refractivity contribution in [1.29, 1.82) is 0 Å². The minimum atomic E-state index is 0.623. The van der Waals surface area contributed by atoms with Gasteiger partial charge in [-0.1, -0.05) is 36.4 Å². The Balaban J connectivity index is 1.70. The number of para-hydroxylation sites is 2. The third-order valence-electron chi connectivity index (χ3n) is 4.44. The van der Waals surface area contributed by atoms with Crippen molar-refractivity contribution in [3.63, 3.8) is 0 Å². The molecule has 20 heavy (non-hydrogen) atoms. The van der Waals surface area contributed by atoms with Crippen molar-refractivity contribution in [2.24, 2.45) is 0 Å². The van der Waals surface area contributed by atoms with Crippen molar-refractivity contribution in [1.82, 2.24) is 9.55 Å². The zero-order valence-electron chi connectivity index (χ0n) is 11.5. The molecule has 0 bridgehead atoms. The van der Waals surface area contributed by atoms with E-state index in [2.05, 4.69) is 58.1 Å². The average Bonchev–Trinajstić information content (AvgIpc) is 2.91. The maximum Gasteiger partial charge on any atom is 0.0958 e. The van der Waals surface area contributed by atoms with E-state index in [1.54, 1.807) is 0 Å². The summed E-state index contributed by atoms with van der Waals surface area (Å²) < 4.78 is 2.31. The summed E-state index contributed by atoms with van der Waals surface area (Å²) in [6.07, 6.45) is 5.80. The largest absolute Gasteiger partial charge is 0.330 e. The van der Waals surface area contributed by atoms with Gasteiger partial charge >= 0.3 is 0 Å². The van der Waals surface area contributed by atoms with Crippen molar-refractivity contribution in [2.75, 3.05) is 0 Å². The van der Waals surface area contributed by atoms with Crippen molar-refractivity contribution in [2.45, 2.75) is 31.7 Å². The molecule has 1 heterocycles. The van der Waals surface area contributed by atoms with Gasteiger partial charge in [0.1, 0.15) is 0 Å². The number of hydrogen-bond acceptors (Lipinski definition) is 1. The summed E-state index contributed by atoms with van der Waals surface area (Å²) in [6, 6.07) is 17.3. The van der Waals surface area contributed by atoms with Crippen LogP contribution < -0.4 is 0 Å². The Morgan fingerprint density at radius 3 is 2.90 bits per heavy atom. The number of aryl methyl sites for hydroxylation is 1. The second kappa shape index (κ2) is 4.78. The number of rotatable bonds is 2. The molecule has 0 saturated heterocycles. The molecule has 1 aliphatic carbocycles. The molecule has 4 rings (SSSR count). The standard InChI is InChI=1S/C18H18N2/c1-2-9-16-14(6-1)7-5-8-15(16)12-20-13-19-17-10-3-4-11-18(17)20/h1-4,6,9-11,13,15H,5,7-8,12H2. The Labute approximate surface area is 119 Å². The average molecular weight is 262 g/mol. The smallest absolute Gasteiger partial charge is 0.0958 e. The monoisotopic (exact) mass is 262 g/mol. The lowest BCUT2D eigenvalue weighted by Gasteiger charge is -2.26. The molecular formula is C18H18N2. The Bertz CT molecular complexity index is 742. The SMILES string of the molecule is c1ccc2c(c1)CCCC2Cn1cnc2ccccc21. The molecule has 2 heteroatoms. The van der Waals surface area contributed by atoms with Gasteiger partial charge < -0.3 is 4.57 Å². The first-order valence-electron chi connectivity index (χ1n) is 7.39. The fourth-order valence-corrected chi connectivity index (χ4v) is 3.44. The first kappa shape index (κ1) is 11.7. The lowest BCUT2D eigenvalue weighted by Crippen LogP contribution is -2.15. The van der Waals surface area contributed by atoms with Crippen LogP contribution in [-0.4, -0.2) is 9.55 Å². The molecule has 1 aromatic heterocycles. The van der Waals surface area contributed by atoms with Crippen molar-refractivity contribution >= 4 is 11.0 Å². The maximum atomic E-state index is 4.50. The van der Waals surface area contributed by atoms with Crippen LogP contribution in [0.15, 0.2) is 54.9 Å². The molecule has 1 atom stereocenters. The van der Waals surface area contributed by atoms with Crippen molar-refractivity contribution < 1.29 is 0 Å². The first-order valence-corrected chi connectivity index (χ1v) is 7.39. The quantitative estimate of drug-likeness (QED) is 0.678. The zero-order chi connectivity index (χ0) is 13.4. The van der Waals surface area contributed by atoms with Crippen LogP contribution in [0.3, 0.4) is 0 Å². The molecule has 0 saturated carbocycles. The molecule has 0 N–H and O–H groups in total. The Morgan fingerprint density at radius 2 is 1.90 bits per heavy atom. The normalized spacial score (nSPS) is 18.1. The van der Waals surface area contributed by atoms with Gasteiger partial charge in [0, 0.05) is 12.5 Å². The Hall–Kier alpha value is -2.09. The molecule has 0 radical (unpaired) electrons. The molecular weight excluding hydrogens is 244 g/mol. The van der Waals surface area contributed by atoms with E-state index in [1.165, 1.54) is 35.9 Å².